The van der Waals surface area contributed by atoms with Crippen LogP contribution in [0.4, 0.5) is 0 Å². The molecule has 0 aliphatic rings. The first kappa shape index (κ1) is 15.0. The second kappa shape index (κ2) is 6.76. The molecule has 0 aromatic heterocycles. The van der Waals surface area contributed by atoms with Crippen LogP contribution < -0.4 is 10.1 Å². The number of nitrogens with one attached hydrogen (secondary N) is 1. The molecular formula is C15H26N2O. The van der Waals surface area contributed by atoms with Crippen LogP contribution in [0.1, 0.15) is 26.3 Å². The van der Waals surface area contributed by atoms with Crippen molar-refractivity contribution < 1.29 is 4.74 Å². The zero-order valence-electron chi connectivity index (χ0n) is 12.3. The van der Waals surface area contributed by atoms with E-state index in [0.29, 0.717) is 0 Å². The maximum Gasteiger partial charge on any atom is 0.123 e. The van der Waals surface area contributed by atoms with E-state index in [4.69, 9.17) is 4.74 Å². The summed E-state index contributed by atoms with van der Waals surface area (Å²) in [5, 5.41) is 3.21. The highest BCUT2D eigenvalue weighted by atomic mass is 16.5. The number of rotatable bonds is 7. The molecule has 0 spiro atoms. The van der Waals surface area contributed by atoms with E-state index >= 15 is 0 Å². The summed E-state index contributed by atoms with van der Waals surface area (Å²) in [7, 11) is 3.72. The van der Waals surface area contributed by atoms with Gasteiger partial charge in [-0.2, -0.15) is 0 Å². The van der Waals surface area contributed by atoms with Crippen molar-refractivity contribution in [2.75, 3.05) is 33.8 Å². The molecule has 0 atom stereocenters. The van der Waals surface area contributed by atoms with Crippen LogP contribution in [0.25, 0.3) is 0 Å². The lowest BCUT2D eigenvalue weighted by molar-refractivity contribution is 0.125. The Balaban J connectivity index is 3.01. The fourth-order valence-corrected chi connectivity index (χ4v) is 2.40. The van der Waals surface area contributed by atoms with Gasteiger partial charge in [0.05, 0.1) is 7.11 Å². The number of nitrogens with zero attached hydrogens (tertiary/aromatic N) is 1. The molecule has 102 valence electrons. The maximum absolute atomic E-state index is 5.49. The molecule has 1 aromatic rings. The minimum Gasteiger partial charge on any atom is -0.496 e. The van der Waals surface area contributed by atoms with Crippen molar-refractivity contribution in [1.82, 2.24) is 10.2 Å². The Bertz CT molecular complexity index is 363. The third-order valence-electron chi connectivity index (χ3n) is 3.57. The topological polar surface area (TPSA) is 24.5 Å². The van der Waals surface area contributed by atoms with Gasteiger partial charge in [0.15, 0.2) is 0 Å². The van der Waals surface area contributed by atoms with Gasteiger partial charge in [0.2, 0.25) is 0 Å². The van der Waals surface area contributed by atoms with Crippen molar-refractivity contribution in [3.8, 4) is 5.75 Å². The van der Waals surface area contributed by atoms with E-state index in [-0.39, 0.29) is 5.54 Å². The fourth-order valence-electron chi connectivity index (χ4n) is 2.40. The number of benzene rings is 1. The summed E-state index contributed by atoms with van der Waals surface area (Å²) >= 11 is 0. The highest BCUT2D eigenvalue weighted by Gasteiger charge is 2.29. The van der Waals surface area contributed by atoms with Gasteiger partial charge in [-0.1, -0.05) is 25.1 Å². The second-order valence-corrected chi connectivity index (χ2v) is 4.94. The normalized spacial score (nSPS) is 11.9. The molecule has 0 unspecified atom stereocenters. The van der Waals surface area contributed by atoms with Crippen LogP contribution in [-0.2, 0) is 5.54 Å². The molecular weight excluding hydrogens is 224 g/mol. The highest BCUT2D eigenvalue weighted by molar-refractivity contribution is 5.38. The molecule has 0 bridgehead atoms. The van der Waals surface area contributed by atoms with Crippen molar-refractivity contribution in [2.45, 2.75) is 26.3 Å². The number of methoxy groups -OCH3 is 1. The Morgan fingerprint density at radius 3 is 2.50 bits per heavy atom. The minimum atomic E-state index is -0.0296. The third kappa shape index (κ3) is 3.24. The Morgan fingerprint density at radius 2 is 1.94 bits per heavy atom. The van der Waals surface area contributed by atoms with Crippen molar-refractivity contribution in [3.05, 3.63) is 29.8 Å². The van der Waals surface area contributed by atoms with Crippen molar-refractivity contribution in [1.29, 1.82) is 0 Å². The fraction of sp³-hybridized carbons (Fsp3) is 0.600. The molecule has 1 N–H and O–H groups in total. The summed E-state index contributed by atoms with van der Waals surface area (Å²) in [4.78, 5) is 2.46. The number of ether oxygens (including phenoxy) is 1. The standard InChI is InChI=1S/C15H26N2O/c1-6-17(12-11-16-4)15(2,3)13-9-7-8-10-14(13)18-5/h7-10,16H,6,11-12H2,1-5H3. The van der Waals surface area contributed by atoms with Crippen LogP contribution in [0, 0.1) is 0 Å². The Kier molecular flexibility index (Phi) is 5.63. The van der Waals surface area contributed by atoms with E-state index in [1.807, 2.05) is 19.2 Å². The Hall–Kier alpha value is -1.06. The van der Waals surface area contributed by atoms with Crippen molar-refractivity contribution in [3.63, 3.8) is 0 Å². The van der Waals surface area contributed by atoms with E-state index in [1.165, 1.54) is 5.56 Å². The lowest BCUT2D eigenvalue weighted by Gasteiger charge is -2.39. The summed E-state index contributed by atoms with van der Waals surface area (Å²) in [6.45, 7) is 9.75. The molecule has 0 radical (unpaired) electrons. The van der Waals surface area contributed by atoms with Crippen LogP contribution >= 0.6 is 0 Å². The zero-order valence-corrected chi connectivity index (χ0v) is 12.3. The first-order valence-electron chi connectivity index (χ1n) is 6.61. The summed E-state index contributed by atoms with van der Waals surface area (Å²) in [6, 6.07) is 8.28. The molecule has 3 heteroatoms. The van der Waals surface area contributed by atoms with Crippen LogP contribution in [-0.4, -0.2) is 38.7 Å². The molecule has 1 aromatic carbocycles. The Labute approximate surface area is 111 Å². The molecule has 0 saturated carbocycles. The van der Waals surface area contributed by atoms with Crippen molar-refractivity contribution in [2.24, 2.45) is 0 Å². The third-order valence-corrected chi connectivity index (χ3v) is 3.57. The second-order valence-electron chi connectivity index (χ2n) is 4.94. The summed E-state index contributed by atoms with van der Waals surface area (Å²) in [6.07, 6.45) is 0. The first-order chi connectivity index (χ1) is 8.57. The molecule has 0 fully saturated rings. The number of para-hydroxylation sites is 1. The van der Waals surface area contributed by atoms with E-state index < -0.39 is 0 Å². The van der Waals surface area contributed by atoms with Crippen LogP contribution in [0.15, 0.2) is 24.3 Å². The molecule has 0 aliphatic carbocycles. The molecule has 18 heavy (non-hydrogen) atoms. The van der Waals surface area contributed by atoms with Crippen molar-refractivity contribution >= 4 is 0 Å². The number of hydrogen-bond acceptors (Lipinski definition) is 3. The van der Waals surface area contributed by atoms with Crippen LogP contribution in [0.2, 0.25) is 0 Å². The van der Waals surface area contributed by atoms with Gasteiger partial charge in [-0.05, 0) is 33.5 Å². The van der Waals surface area contributed by atoms with E-state index in [2.05, 4.69) is 43.1 Å². The van der Waals surface area contributed by atoms with Crippen LogP contribution in [0.3, 0.4) is 0 Å². The lowest BCUT2D eigenvalue weighted by atomic mass is 9.91. The molecule has 0 aliphatic heterocycles. The molecule has 0 heterocycles. The van der Waals surface area contributed by atoms with Gasteiger partial charge in [0, 0.05) is 24.2 Å². The average molecular weight is 250 g/mol. The van der Waals surface area contributed by atoms with Gasteiger partial charge in [-0.15, -0.1) is 0 Å². The minimum absolute atomic E-state index is 0.0296. The Morgan fingerprint density at radius 1 is 1.28 bits per heavy atom. The van der Waals surface area contributed by atoms with Crippen LogP contribution in [0.5, 0.6) is 5.75 Å². The van der Waals surface area contributed by atoms with Gasteiger partial charge < -0.3 is 10.1 Å². The molecule has 1 rings (SSSR count). The highest BCUT2D eigenvalue weighted by Crippen LogP contribution is 2.33. The monoisotopic (exact) mass is 250 g/mol. The predicted molar refractivity (Wildman–Crippen MR) is 77.2 cm³/mol. The van der Waals surface area contributed by atoms with E-state index in [1.54, 1.807) is 7.11 Å². The number of hydrogen-bond donors (Lipinski definition) is 1. The molecule has 3 nitrogen and oxygen atoms in total. The SMILES string of the molecule is CCN(CCNC)C(C)(C)c1ccccc1OC. The number of likely N-dealkylation sites (N-methyl/N-ethyl adjacent to an activating group) is 2. The van der Waals surface area contributed by atoms with Gasteiger partial charge in [0.1, 0.15) is 5.75 Å². The summed E-state index contributed by atoms with van der Waals surface area (Å²) in [5.74, 6) is 0.963. The first-order valence-corrected chi connectivity index (χ1v) is 6.61. The quantitative estimate of drug-likeness (QED) is 0.804. The van der Waals surface area contributed by atoms with Gasteiger partial charge >= 0.3 is 0 Å². The van der Waals surface area contributed by atoms with Gasteiger partial charge in [-0.3, -0.25) is 4.90 Å². The molecule has 0 saturated heterocycles. The summed E-state index contributed by atoms with van der Waals surface area (Å²) < 4.78 is 5.49. The summed E-state index contributed by atoms with van der Waals surface area (Å²) in [5.41, 5.74) is 1.21. The van der Waals surface area contributed by atoms with E-state index in [9.17, 15) is 0 Å². The average Bonchev–Trinajstić information content (AvgIpc) is 2.39. The predicted octanol–water partition coefficient (Wildman–Crippen LogP) is 2.47. The maximum atomic E-state index is 5.49. The largest absolute Gasteiger partial charge is 0.496 e. The molecule has 0 amide bonds. The zero-order chi connectivity index (χ0) is 13.6. The smallest absolute Gasteiger partial charge is 0.123 e. The van der Waals surface area contributed by atoms with Gasteiger partial charge in [0.25, 0.3) is 0 Å². The lowest BCUT2D eigenvalue weighted by Crippen LogP contribution is -2.44. The van der Waals surface area contributed by atoms with Gasteiger partial charge in [-0.25, -0.2) is 0 Å². The van der Waals surface area contributed by atoms with E-state index in [0.717, 1.165) is 25.4 Å².